The summed E-state index contributed by atoms with van der Waals surface area (Å²) in [4.78, 5) is 0. The minimum atomic E-state index is -0.382. The Bertz CT molecular complexity index is 375. The third kappa shape index (κ3) is 3.96. The van der Waals surface area contributed by atoms with Crippen molar-refractivity contribution in [3.63, 3.8) is 0 Å². The predicted octanol–water partition coefficient (Wildman–Crippen LogP) is 4.60. The molecule has 18 heavy (non-hydrogen) atoms. The second kappa shape index (κ2) is 7.10. The first-order chi connectivity index (χ1) is 8.56. The Morgan fingerprint density at radius 1 is 1.33 bits per heavy atom. The van der Waals surface area contributed by atoms with Crippen molar-refractivity contribution in [1.82, 2.24) is 0 Å². The Hall–Kier alpha value is -0.600. The lowest BCUT2D eigenvalue weighted by Crippen LogP contribution is -2.27. The van der Waals surface area contributed by atoms with E-state index in [0.29, 0.717) is 6.42 Å². The van der Waals surface area contributed by atoms with Crippen LogP contribution in [0.2, 0.25) is 5.02 Å². The topological polar surface area (TPSA) is 20.2 Å². The van der Waals surface area contributed by atoms with Crippen LogP contribution in [0.4, 0.5) is 4.39 Å². The molecule has 0 heterocycles. The molecule has 1 rings (SSSR count). The quantitative estimate of drug-likeness (QED) is 0.769. The van der Waals surface area contributed by atoms with Gasteiger partial charge in [-0.3, -0.25) is 0 Å². The van der Waals surface area contributed by atoms with Gasteiger partial charge in [0.15, 0.2) is 0 Å². The molecule has 1 unspecified atom stereocenters. The normalized spacial score (nSPS) is 14.5. The van der Waals surface area contributed by atoms with E-state index in [1.807, 2.05) is 6.07 Å². The van der Waals surface area contributed by atoms with E-state index in [1.165, 1.54) is 6.07 Å². The van der Waals surface area contributed by atoms with Crippen molar-refractivity contribution in [2.75, 3.05) is 6.61 Å². The first-order valence-electron chi connectivity index (χ1n) is 6.61. The average Bonchev–Trinajstić information content (AvgIpc) is 2.39. The number of aliphatic hydroxyl groups is 1. The zero-order chi connectivity index (χ0) is 13.6. The number of unbranched alkanes of at least 4 members (excludes halogenated alkanes) is 1. The number of aliphatic hydroxyl groups excluding tert-OH is 1. The van der Waals surface area contributed by atoms with Crippen molar-refractivity contribution in [3.8, 4) is 0 Å². The van der Waals surface area contributed by atoms with Crippen LogP contribution in [0.3, 0.4) is 0 Å². The summed E-state index contributed by atoms with van der Waals surface area (Å²) in [5.41, 5.74) is 0.778. The van der Waals surface area contributed by atoms with Crippen LogP contribution in [0, 0.1) is 11.2 Å². The number of hydrogen-bond acceptors (Lipinski definition) is 1. The van der Waals surface area contributed by atoms with Crippen molar-refractivity contribution in [2.45, 2.75) is 46.0 Å². The monoisotopic (exact) mass is 272 g/mol. The van der Waals surface area contributed by atoms with Gasteiger partial charge in [-0.1, -0.05) is 44.4 Å². The van der Waals surface area contributed by atoms with E-state index in [-0.39, 0.29) is 22.9 Å². The maximum absolute atomic E-state index is 13.4. The highest BCUT2D eigenvalue weighted by Crippen LogP contribution is 2.33. The summed E-state index contributed by atoms with van der Waals surface area (Å²) in [5.74, 6) is -0.382. The van der Waals surface area contributed by atoms with Crippen LogP contribution < -0.4 is 0 Å². The Morgan fingerprint density at radius 3 is 2.56 bits per heavy atom. The molecule has 0 saturated heterocycles. The largest absolute Gasteiger partial charge is 0.396 e. The number of hydrogen-bond donors (Lipinski definition) is 1. The molecule has 0 aliphatic carbocycles. The fourth-order valence-electron chi connectivity index (χ4n) is 2.27. The van der Waals surface area contributed by atoms with Crippen LogP contribution in [-0.4, -0.2) is 11.7 Å². The Kier molecular flexibility index (Phi) is 6.10. The summed E-state index contributed by atoms with van der Waals surface area (Å²) in [6, 6.07) is 4.91. The first kappa shape index (κ1) is 15.5. The highest BCUT2D eigenvalue weighted by Gasteiger charge is 2.27. The van der Waals surface area contributed by atoms with E-state index in [9.17, 15) is 9.50 Å². The first-order valence-corrected chi connectivity index (χ1v) is 6.99. The van der Waals surface area contributed by atoms with Crippen molar-refractivity contribution < 1.29 is 9.50 Å². The summed E-state index contributed by atoms with van der Waals surface area (Å²) in [6.07, 6.45) is 4.77. The molecule has 0 aliphatic heterocycles. The Labute approximate surface area is 114 Å². The average molecular weight is 273 g/mol. The van der Waals surface area contributed by atoms with Gasteiger partial charge >= 0.3 is 0 Å². The smallest absolute Gasteiger partial charge is 0.142 e. The molecule has 0 spiro atoms. The number of benzene rings is 1. The molecule has 0 aromatic heterocycles. The SMILES string of the molecule is CCCCC(CC)(CO)Cc1ccc(Cl)c(F)c1. The van der Waals surface area contributed by atoms with Gasteiger partial charge in [-0.25, -0.2) is 4.39 Å². The number of halogens is 2. The van der Waals surface area contributed by atoms with Crippen molar-refractivity contribution in [3.05, 3.63) is 34.6 Å². The molecule has 0 bridgehead atoms. The molecule has 1 atom stereocenters. The minimum absolute atomic E-state index is 0.129. The third-order valence-electron chi connectivity index (χ3n) is 3.71. The molecule has 1 aromatic rings. The van der Waals surface area contributed by atoms with E-state index in [1.54, 1.807) is 6.07 Å². The van der Waals surface area contributed by atoms with Gasteiger partial charge in [0.05, 0.1) is 5.02 Å². The van der Waals surface area contributed by atoms with E-state index in [2.05, 4.69) is 13.8 Å². The van der Waals surface area contributed by atoms with E-state index >= 15 is 0 Å². The van der Waals surface area contributed by atoms with E-state index < -0.39 is 0 Å². The van der Waals surface area contributed by atoms with Gasteiger partial charge in [-0.2, -0.15) is 0 Å². The van der Waals surface area contributed by atoms with Gasteiger partial charge in [-0.15, -0.1) is 0 Å². The fraction of sp³-hybridized carbons (Fsp3) is 0.600. The summed E-state index contributed by atoms with van der Waals surface area (Å²) < 4.78 is 13.4. The molecular weight excluding hydrogens is 251 g/mol. The van der Waals surface area contributed by atoms with Crippen molar-refractivity contribution in [1.29, 1.82) is 0 Å². The van der Waals surface area contributed by atoms with Gasteiger partial charge in [0.2, 0.25) is 0 Å². The molecule has 1 nitrogen and oxygen atoms in total. The summed E-state index contributed by atoms with van der Waals surface area (Å²) in [6.45, 7) is 4.37. The zero-order valence-corrected chi connectivity index (χ0v) is 11.9. The van der Waals surface area contributed by atoms with Crippen LogP contribution in [0.25, 0.3) is 0 Å². The highest BCUT2D eigenvalue weighted by molar-refractivity contribution is 6.30. The molecule has 0 radical (unpaired) electrons. The molecule has 0 saturated carbocycles. The van der Waals surface area contributed by atoms with Gasteiger partial charge in [0.1, 0.15) is 5.82 Å². The van der Waals surface area contributed by atoms with E-state index in [0.717, 1.165) is 31.2 Å². The maximum atomic E-state index is 13.4. The number of rotatable bonds is 7. The van der Waals surface area contributed by atoms with Crippen LogP contribution >= 0.6 is 11.6 Å². The minimum Gasteiger partial charge on any atom is -0.396 e. The Morgan fingerprint density at radius 2 is 2.06 bits per heavy atom. The van der Waals surface area contributed by atoms with Crippen LogP contribution in [-0.2, 0) is 6.42 Å². The van der Waals surface area contributed by atoms with Gasteiger partial charge in [0.25, 0.3) is 0 Å². The zero-order valence-electron chi connectivity index (χ0n) is 11.2. The molecule has 3 heteroatoms. The highest BCUT2D eigenvalue weighted by atomic mass is 35.5. The maximum Gasteiger partial charge on any atom is 0.142 e. The fourth-order valence-corrected chi connectivity index (χ4v) is 2.39. The van der Waals surface area contributed by atoms with Crippen LogP contribution in [0.1, 0.15) is 45.1 Å². The molecule has 0 aliphatic rings. The lowest BCUT2D eigenvalue weighted by atomic mass is 9.76. The predicted molar refractivity (Wildman–Crippen MR) is 74.4 cm³/mol. The van der Waals surface area contributed by atoms with Crippen molar-refractivity contribution >= 4 is 11.6 Å². The molecule has 1 aromatic carbocycles. The molecule has 1 N–H and O–H groups in total. The molecular formula is C15H22ClFO. The summed E-state index contributed by atoms with van der Waals surface area (Å²) in [5, 5.41) is 9.82. The lowest BCUT2D eigenvalue weighted by Gasteiger charge is -2.31. The summed E-state index contributed by atoms with van der Waals surface area (Å²) >= 11 is 5.68. The Balaban J connectivity index is 2.84. The third-order valence-corrected chi connectivity index (χ3v) is 4.02. The lowest BCUT2D eigenvalue weighted by molar-refractivity contribution is 0.107. The van der Waals surface area contributed by atoms with E-state index in [4.69, 9.17) is 11.6 Å². The molecule has 0 fully saturated rings. The van der Waals surface area contributed by atoms with Crippen LogP contribution in [0.15, 0.2) is 18.2 Å². The van der Waals surface area contributed by atoms with Gasteiger partial charge in [0, 0.05) is 6.61 Å². The van der Waals surface area contributed by atoms with Crippen LogP contribution in [0.5, 0.6) is 0 Å². The summed E-state index contributed by atoms with van der Waals surface area (Å²) in [7, 11) is 0. The van der Waals surface area contributed by atoms with Gasteiger partial charge in [-0.05, 0) is 42.4 Å². The van der Waals surface area contributed by atoms with Crippen molar-refractivity contribution in [2.24, 2.45) is 5.41 Å². The second-order valence-corrected chi connectivity index (χ2v) is 5.45. The molecule has 0 amide bonds. The second-order valence-electron chi connectivity index (χ2n) is 5.04. The standard InChI is InChI=1S/C15H22ClFO/c1-3-5-8-15(4-2,11-18)10-12-6-7-13(16)14(17)9-12/h6-7,9,18H,3-5,8,10-11H2,1-2H3. The molecule has 102 valence electrons. The van der Waals surface area contributed by atoms with Gasteiger partial charge < -0.3 is 5.11 Å².